The van der Waals surface area contributed by atoms with Gasteiger partial charge in [-0.3, -0.25) is 4.79 Å². The van der Waals surface area contributed by atoms with Gasteiger partial charge in [0.2, 0.25) is 0 Å². The van der Waals surface area contributed by atoms with E-state index >= 15 is 0 Å². The first-order valence-electron chi connectivity index (χ1n) is 11.0. The van der Waals surface area contributed by atoms with Gasteiger partial charge >= 0.3 is 5.97 Å². The number of esters is 1. The third-order valence-electron chi connectivity index (χ3n) is 6.34. The molecule has 5 heteroatoms. The minimum Gasteiger partial charge on any atom is -0.492 e. The van der Waals surface area contributed by atoms with Gasteiger partial charge in [0, 0.05) is 24.7 Å². The normalized spacial score (nSPS) is 20.5. The lowest BCUT2D eigenvalue weighted by Gasteiger charge is -2.31. The van der Waals surface area contributed by atoms with Crippen molar-refractivity contribution in [1.29, 1.82) is 0 Å². The molecule has 2 aromatic rings. The maximum absolute atomic E-state index is 11.6. The second-order valence-corrected chi connectivity index (χ2v) is 9.53. The average molecular weight is 425 g/mol. The number of fused-ring (bicyclic) bond motifs is 2. The van der Waals surface area contributed by atoms with E-state index in [-0.39, 0.29) is 29.5 Å². The fourth-order valence-electron chi connectivity index (χ4n) is 4.91. The summed E-state index contributed by atoms with van der Waals surface area (Å²) in [6.07, 6.45) is 2.31. The van der Waals surface area contributed by atoms with Gasteiger partial charge in [-0.1, -0.05) is 45.0 Å². The Kier molecular flexibility index (Phi) is 5.98. The number of carbonyl (C=O) groups excluding carboxylic acids is 1. The van der Waals surface area contributed by atoms with Gasteiger partial charge in [-0.15, -0.1) is 0 Å². The standard InChI is InChI=1S/C26H32O5/c1-26(2,3)25(29-5)21-8-6-7-20-19(21)11-12-22(20)31-17-9-10-18-16(13-24(27)28-4)15-30-23(18)14-17/h6-10,14,16,22,25H,11-13,15H2,1-5H3/t16?,22-,25-/m0/s1. The van der Waals surface area contributed by atoms with E-state index in [1.54, 1.807) is 7.11 Å². The molecule has 0 aromatic heterocycles. The van der Waals surface area contributed by atoms with Crippen molar-refractivity contribution in [3.63, 3.8) is 0 Å². The summed E-state index contributed by atoms with van der Waals surface area (Å²) < 4.78 is 22.9. The SMILES string of the molecule is COC(=O)CC1COc2cc(O[C@H]3CCc4c3cccc4[C@H](OC)C(C)(C)C)ccc21. The molecule has 0 bridgehead atoms. The summed E-state index contributed by atoms with van der Waals surface area (Å²) in [5.74, 6) is 1.41. The number of ether oxygens (including phenoxy) is 4. The molecule has 0 amide bonds. The summed E-state index contributed by atoms with van der Waals surface area (Å²) >= 11 is 0. The first-order chi connectivity index (χ1) is 14.8. The molecule has 2 aliphatic rings. The van der Waals surface area contributed by atoms with Crippen molar-refractivity contribution < 1.29 is 23.7 Å². The van der Waals surface area contributed by atoms with Crippen LogP contribution in [0.1, 0.15) is 74.0 Å². The highest BCUT2D eigenvalue weighted by Gasteiger charge is 2.33. The molecule has 0 fully saturated rings. The Labute approximate surface area is 184 Å². The summed E-state index contributed by atoms with van der Waals surface area (Å²) in [6, 6.07) is 12.4. The van der Waals surface area contributed by atoms with E-state index < -0.39 is 0 Å². The quantitative estimate of drug-likeness (QED) is 0.571. The van der Waals surface area contributed by atoms with Crippen molar-refractivity contribution in [2.24, 2.45) is 5.41 Å². The van der Waals surface area contributed by atoms with E-state index in [4.69, 9.17) is 18.9 Å². The van der Waals surface area contributed by atoms with Gasteiger partial charge in [-0.05, 0) is 41.0 Å². The maximum Gasteiger partial charge on any atom is 0.306 e. The van der Waals surface area contributed by atoms with Crippen LogP contribution in [0.3, 0.4) is 0 Å². The Morgan fingerprint density at radius 2 is 1.97 bits per heavy atom. The Hall–Kier alpha value is -2.53. The largest absolute Gasteiger partial charge is 0.492 e. The van der Waals surface area contributed by atoms with E-state index in [0.717, 1.165) is 29.9 Å². The summed E-state index contributed by atoms with van der Waals surface area (Å²) in [6.45, 7) is 7.12. The molecule has 0 spiro atoms. The second kappa shape index (κ2) is 8.54. The molecule has 31 heavy (non-hydrogen) atoms. The molecule has 1 unspecified atom stereocenters. The van der Waals surface area contributed by atoms with E-state index in [1.165, 1.54) is 23.8 Å². The highest BCUT2D eigenvalue weighted by atomic mass is 16.5. The van der Waals surface area contributed by atoms with Crippen LogP contribution in [-0.4, -0.2) is 26.8 Å². The first-order valence-corrected chi connectivity index (χ1v) is 11.0. The van der Waals surface area contributed by atoms with Gasteiger partial charge in [0.15, 0.2) is 0 Å². The number of hydrogen-bond donors (Lipinski definition) is 0. The van der Waals surface area contributed by atoms with Crippen molar-refractivity contribution in [2.75, 3.05) is 20.8 Å². The number of carbonyl (C=O) groups is 1. The molecular weight excluding hydrogens is 392 g/mol. The summed E-state index contributed by atoms with van der Waals surface area (Å²) in [7, 11) is 3.20. The first kappa shape index (κ1) is 21.7. The lowest BCUT2D eigenvalue weighted by molar-refractivity contribution is -0.141. The molecular formula is C26H32O5. The maximum atomic E-state index is 11.6. The van der Waals surface area contributed by atoms with E-state index in [1.807, 2.05) is 18.2 Å². The van der Waals surface area contributed by atoms with Crippen molar-refractivity contribution in [3.05, 3.63) is 58.7 Å². The van der Waals surface area contributed by atoms with Crippen molar-refractivity contribution in [2.45, 2.75) is 58.2 Å². The Balaban J connectivity index is 1.53. The number of hydrogen-bond acceptors (Lipinski definition) is 5. The Bertz CT molecular complexity index is 959. The van der Waals surface area contributed by atoms with Gasteiger partial charge < -0.3 is 18.9 Å². The zero-order valence-electron chi connectivity index (χ0n) is 19.1. The van der Waals surface area contributed by atoms with Crippen LogP contribution >= 0.6 is 0 Å². The molecule has 0 radical (unpaired) electrons. The van der Waals surface area contributed by atoms with Crippen LogP contribution in [-0.2, 0) is 20.7 Å². The summed E-state index contributed by atoms with van der Waals surface area (Å²) in [4.78, 5) is 11.6. The van der Waals surface area contributed by atoms with Crippen LogP contribution in [0, 0.1) is 5.41 Å². The van der Waals surface area contributed by atoms with Crippen LogP contribution in [0.4, 0.5) is 0 Å². The molecule has 166 valence electrons. The topological polar surface area (TPSA) is 54.0 Å². The van der Waals surface area contributed by atoms with Crippen molar-refractivity contribution in [1.82, 2.24) is 0 Å². The smallest absolute Gasteiger partial charge is 0.306 e. The predicted molar refractivity (Wildman–Crippen MR) is 119 cm³/mol. The zero-order valence-corrected chi connectivity index (χ0v) is 19.1. The van der Waals surface area contributed by atoms with Gasteiger partial charge in [-0.25, -0.2) is 0 Å². The van der Waals surface area contributed by atoms with Crippen LogP contribution < -0.4 is 9.47 Å². The summed E-state index contributed by atoms with van der Waals surface area (Å²) in [5.41, 5.74) is 4.92. The predicted octanol–water partition coefficient (Wildman–Crippen LogP) is 5.53. The Morgan fingerprint density at radius 1 is 1.16 bits per heavy atom. The third kappa shape index (κ3) is 4.29. The van der Waals surface area contributed by atoms with Gasteiger partial charge in [0.1, 0.15) is 17.6 Å². The molecule has 2 aromatic carbocycles. The molecule has 0 saturated heterocycles. The van der Waals surface area contributed by atoms with Crippen LogP contribution in [0.25, 0.3) is 0 Å². The fraction of sp³-hybridized carbons (Fsp3) is 0.500. The van der Waals surface area contributed by atoms with E-state index in [2.05, 4.69) is 39.0 Å². The van der Waals surface area contributed by atoms with E-state index in [0.29, 0.717) is 13.0 Å². The lowest BCUT2D eigenvalue weighted by atomic mass is 9.82. The average Bonchev–Trinajstić information content (AvgIpc) is 3.32. The second-order valence-electron chi connectivity index (χ2n) is 9.53. The van der Waals surface area contributed by atoms with Crippen LogP contribution in [0.2, 0.25) is 0 Å². The minimum atomic E-state index is -0.218. The summed E-state index contributed by atoms with van der Waals surface area (Å²) in [5, 5.41) is 0. The molecule has 3 atom stereocenters. The molecule has 4 rings (SSSR count). The monoisotopic (exact) mass is 424 g/mol. The third-order valence-corrected chi connectivity index (χ3v) is 6.34. The molecule has 0 N–H and O–H groups in total. The van der Waals surface area contributed by atoms with Gasteiger partial charge in [-0.2, -0.15) is 0 Å². The lowest BCUT2D eigenvalue weighted by Crippen LogP contribution is -2.21. The molecule has 5 nitrogen and oxygen atoms in total. The molecule has 0 saturated carbocycles. The van der Waals surface area contributed by atoms with Crippen molar-refractivity contribution in [3.8, 4) is 11.5 Å². The number of methoxy groups -OCH3 is 2. The fourth-order valence-corrected chi connectivity index (χ4v) is 4.91. The Morgan fingerprint density at radius 3 is 2.68 bits per heavy atom. The molecule has 1 aliphatic carbocycles. The van der Waals surface area contributed by atoms with Crippen LogP contribution in [0.15, 0.2) is 36.4 Å². The van der Waals surface area contributed by atoms with Gasteiger partial charge in [0.05, 0.1) is 26.2 Å². The highest BCUT2D eigenvalue weighted by Crippen LogP contribution is 2.45. The highest BCUT2D eigenvalue weighted by molar-refractivity contribution is 5.71. The van der Waals surface area contributed by atoms with E-state index in [9.17, 15) is 4.79 Å². The molecule has 1 heterocycles. The van der Waals surface area contributed by atoms with Gasteiger partial charge in [0.25, 0.3) is 0 Å². The molecule has 1 aliphatic heterocycles. The van der Waals surface area contributed by atoms with Crippen molar-refractivity contribution >= 4 is 5.97 Å². The minimum absolute atomic E-state index is 0.0118. The zero-order chi connectivity index (χ0) is 22.2. The number of rotatable bonds is 6. The number of benzene rings is 2. The van der Waals surface area contributed by atoms with Crippen LogP contribution in [0.5, 0.6) is 11.5 Å².